The number of aromatic nitrogens is 1. The van der Waals surface area contributed by atoms with E-state index in [2.05, 4.69) is 22.9 Å². The van der Waals surface area contributed by atoms with Crippen molar-refractivity contribution in [2.45, 2.75) is 31.7 Å². The summed E-state index contributed by atoms with van der Waals surface area (Å²) in [6.45, 7) is 0. The van der Waals surface area contributed by atoms with Crippen LogP contribution in [-0.2, 0) is 18.3 Å². The Hall–Kier alpha value is -1.81. The van der Waals surface area contributed by atoms with Gasteiger partial charge in [-0.2, -0.15) is 0 Å². The lowest BCUT2D eigenvalue weighted by Crippen LogP contribution is -2.29. The number of para-hydroxylation sites is 1. The van der Waals surface area contributed by atoms with Crippen LogP contribution in [0.2, 0.25) is 0 Å². The Balaban J connectivity index is 1.93. The zero-order valence-electron chi connectivity index (χ0n) is 11.2. The number of aryl methyl sites for hydroxylation is 2. The minimum atomic E-state index is -0.912. The monoisotopic (exact) mass is 260 g/mol. The summed E-state index contributed by atoms with van der Waals surface area (Å²) >= 11 is 0. The topological polar surface area (TPSA) is 68.2 Å². The Labute approximate surface area is 112 Å². The fraction of sp³-hybridized carbons (Fsp3) is 0.400. The van der Waals surface area contributed by atoms with Crippen LogP contribution in [0, 0.1) is 0 Å². The quantitative estimate of drug-likeness (QED) is 0.783. The summed E-state index contributed by atoms with van der Waals surface area (Å²) in [6, 6.07) is 7.60. The number of benzene rings is 1. The number of unbranched alkanes of at least 4 members (excludes halogenated alkanes) is 1. The molecule has 2 rings (SSSR count). The lowest BCUT2D eigenvalue weighted by Gasteiger charge is -2.05. The van der Waals surface area contributed by atoms with Gasteiger partial charge < -0.3 is 15.4 Å². The van der Waals surface area contributed by atoms with Gasteiger partial charge in [-0.15, -0.1) is 0 Å². The molecular weight excluding hydrogens is 240 g/mol. The van der Waals surface area contributed by atoms with Gasteiger partial charge in [-0.3, -0.25) is 4.79 Å². The van der Waals surface area contributed by atoms with Crippen LogP contribution >= 0.6 is 0 Å². The number of aliphatic carboxylic acids is 1. The van der Waals surface area contributed by atoms with Crippen LogP contribution in [0.5, 0.6) is 0 Å². The van der Waals surface area contributed by atoms with E-state index in [1.54, 1.807) is 0 Å². The maximum Gasteiger partial charge on any atom is 0.320 e. The average molecular weight is 260 g/mol. The number of carboxylic acid groups (broad SMARTS) is 1. The van der Waals surface area contributed by atoms with E-state index in [0.717, 1.165) is 19.3 Å². The predicted molar refractivity (Wildman–Crippen MR) is 76.1 cm³/mol. The van der Waals surface area contributed by atoms with Crippen molar-refractivity contribution in [2.24, 2.45) is 12.8 Å². The average Bonchev–Trinajstić information content (AvgIpc) is 2.72. The van der Waals surface area contributed by atoms with E-state index in [9.17, 15) is 4.79 Å². The number of carboxylic acids is 1. The molecule has 1 unspecified atom stereocenters. The second-order valence-electron chi connectivity index (χ2n) is 4.97. The van der Waals surface area contributed by atoms with E-state index in [-0.39, 0.29) is 0 Å². The standard InChI is InChI=1S/C15H20N2O2/c1-17-10-11(12-7-3-5-9-14(12)17)6-2-4-8-13(16)15(18)19/h3,5,7,9-10,13H,2,4,6,8,16H2,1H3,(H,18,19). The van der Waals surface area contributed by atoms with Gasteiger partial charge in [0, 0.05) is 24.1 Å². The molecule has 0 amide bonds. The third-order valence-electron chi connectivity index (χ3n) is 3.51. The Morgan fingerprint density at radius 3 is 2.84 bits per heavy atom. The molecule has 0 radical (unpaired) electrons. The molecule has 0 bridgehead atoms. The molecule has 102 valence electrons. The molecule has 0 aliphatic heterocycles. The summed E-state index contributed by atoms with van der Waals surface area (Å²) in [4.78, 5) is 10.6. The molecule has 3 N–H and O–H groups in total. The number of fused-ring (bicyclic) bond motifs is 1. The lowest BCUT2D eigenvalue weighted by molar-refractivity contribution is -0.138. The number of nitrogens with two attached hydrogens (primary N) is 1. The number of nitrogens with zero attached hydrogens (tertiary/aromatic N) is 1. The Bertz CT molecular complexity index is 575. The van der Waals surface area contributed by atoms with Crippen molar-refractivity contribution in [3.05, 3.63) is 36.0 Å². The molecule has 19 heavy (non-hydrogen) atoms. The second-order valence-corrected chi connectivity index (χ2v) is 4.97. The van der Waals surface area contributed by atoms with Crippen molar-refractivity contribution < 1.29 is 9.90 Å². The van der Waals surface area contributed by atoms with Crippen molar-refractivity contribution in [3.63, 3.8) is 0 Å². The number of carbonyl (C=O) groups is 1. The predicted octanol–water partition coefficient (Wildman–Crippen LogP) is 2.30. The van der Waals surface area contributed by atoms with Gasteiger partial charge in [0.05, 0.1) is 0 Å². The van der Waals surface area contributed by atoms with Crippen LogP contribution in [0.15, 0.2) is 30.5 Å². The van der Waals surface area contributed by atoms with Crippen molar-refractivity contribution >= 4 is 16.9 Å². The Kier molecular flexibility index (Phi) is 4.22. The molecule has 0 aliphatic carbocycles. The smallest absolute Gasteiger partial charge is 0.320 e. The summed E-state index contributed by atoms with van der Waals surface area (Å²) in [5.41, 5.74) is 8.04. The molecule has 1 aromatic carbocycles. The lowest BCUT2D eigenvalue weighted by atomic mass is 10.0. The Morgan fingerprint density at radius 2 is 2.11 bits per heavy atom. The molecule has 4 nitrogen and oxygen atoms in total. The van der Waals surface area contributed by atoms with Crippen LogP contribution in [0.3, 0.4) is 0 Å². The summed E-state index contributed by atoms with van der Waals surface area (Å²) in [5, 5.41) is 10.00. The van der Waals surface area contributed by atoms with Crippen molar-refractivity contribution in [1.82, 2.24) is 4.57 Å². The van der Waals surface area contributed by atoms with Gasteiger partial charge in [-0.1, -0.05) is 24.6 Å². The largest absolute Gasteiger partial charge is 0.480 e. The zero-order chi connectivity index (χ0) is 13.8. The van der Waals surface area contributed by atoms with E-state index in [1.165, 1.54) is 16.5 Å². The highest BCUT2D eigenvalue weighted by atomic mass is 16.4. The van der Waals surface area contributed by atoms with E-state index in [0.29, 0.717) is 6.42 Å². The van der Waals surface area contributed by atoms with Crippen molar-refractivity contribution in [1.29, 1.82) is 0 Å². The van der Waals surface area contributed by atoms with E-state index >= 15 is 0 Å². The molecular formula is C15H20N2O2. The highest BCUT2D eigenvalue weighted by molar-refractivity contribution is 5.83. The highest BCUT2D eigenvalue weighted by Gasteiger charge is 2.11. The van der Waals surface area contributed by atoms with Gasteiger partial charge >= 0.3 is 5.97 Å². The van der Waals surface area contributed by atoms with Crippen LogP contribution in [0.25, 0.3) is 10.9 Å². The third-order valence-corrected chi connectivity index (χ3v) is 3.51. The van der Waals surface area contributed by atoms with Crippen molar-refractivity contribution in [3.8, 4) is 0 Å². The fourth-order valence-electron chi connectivity index (χ4n) is 2.43. The van der Waals surface area contributed by atoms with Gasteiger partial charge in [0.25, 0.3) is 0 Å². The molecule has 0 fully saturated rings. The van der Waals surface area contributed by atoms with Gasteiger partial charge in [-0.05, 0) is 30.9 Å². The normalized spacial score (nSPS) is 12.7. The molecule has 1 heterocycles. The number of hydrogen-bond donors (Lipinski definition) is 2. The van der Waals surface area contributed by atoms with Gasteiger partial charge in [-0.25, -0.2) is 0 Å². The fourth-order valence-corrected chi connectivity index (χ4v) is 2.43. The zero-order valence-corrected chi connectivity index (χ0v) is 11.2. The summed E-state index contributed by atoms with van der Waals surface area (Å²) in [6.07, 6.45) is 5.47. The number of rotatable bonds is 6. The summed E-state index contributed by atoms with van der Waals surface area (Å²) in [5.74, 6) is -0.912. The minimum Gasteiger partial charge on any atom is -0.480 e. The minimum absolute atomic E-state index is 0.542. The first-order valence-corrected chi connectivity index (χ1v) is 6.61. The third kappa shape index (κ3) is 3.15. The van der Waals surface area contributed by atoms with Crippen LogP contribution in [0.1, 0.15) is 24.8 Å². The van der Waals surface area contributed by atoms with E-state index in [4.69, 9.17) is 10.8 Å². The first-order valence-electron chi connectivity index (χ1n) is 6.61. The molecule has 0 saturated carbocycles. The second kappa shape index (κ2) is 5.89. The molecule has 0 aliphatic rings. The molecule has 1 atom stereocenters. The first-order chi connectivity index (χ1) is 9.09. The maximum absolute atomic E-state index is 10.6. The molecule has 2 aromatic rings. The first kappa shape index (κ1) is 13.6. The molecule has 1 aromatic heterocycles. The van der Waals surface area contributed by atoms with Gasteiger partial charge in [0.15, 0.2) is 0 Å². The van der Waals surface area contributed by atoms with Gasteiger partial charge in [0.2, 0.25) is 0 Å². The molecule has 0 saturated heterocycles. The number of hydrogen-bond acceptors (Lipinski definition) is 2. The van der Waals surface area contributed by atoms with Gasteiger partial charge in [0.1, 0.15) is 6.04 Å². The molecule has 4 heteroatoms. The van der Waals surface area contributed by atoms with Crippen LogP contribution in [-0.4, -0.2) is 21.7 Å². The SMILES string of the molecule is Cn1cc(CCCCC(N)C(=O)O)c2ccccc21. The molecule has 0 spiro atoms. The van der Waals surface area contributed by atoms with E-state index < -0.39 is 12.0 Å². The van der Waals surface area contributed by atoms with E-state index in [1.807, 2.05) is 19.2 Å². The summed E-state index contributed by atoms with van der Waals surface area (Å²) < 4.78 is 2.13. The summed E-state index contributed by atoms with van der Waals surface area (Å²) in [7, 11) is 2.05. The van der Waals surface area contributed by atoms with Crippen LogP contribution < -0.4 is 5.73 Å². The van der Waals surface area contributed by atoms with Crippen LogP contribution in [0.4, 0.5) is 0 Å². The van der Waals surface area contributed by atoms with Crippen molar-refractivity contribution in [2.75, 3.05) is 0 Å². The Morgan fingerprint density at radius 1 is 1.37 bits per heavy atom. The maximum atomic E-state index is 10.6. The highest BCUT2D eigenvalue weighted by Crippen LogP contribution is 2.22.